The maximum atomic E-state index is 11.9. The number of carbonyl (C=O) groups is 1. The molecule has 9 heteroatoms. The number of carbonyl (C=O) groups excluding carboxylic acids is 1. The van der Waals surface area contributed by atoms with E-state index in [4.69, 9.17) is 5.73 Å². The van der Waals surface area contributed by atoms with Crippen LogP contribution in [-0.2, 0) is 0 Å². The molecule has 0 aliphatic rings. The minimum atomic E-state index is -0.423. The van der Waals surface area contributed by atoms with Crippen molar-refractivity contribution in [2.45, 2.75) is 19.4 Å². The topological polar surface area (TPSA) is 68.0 Å². The van der Waals surface area contributed by atoms with E-state index in [0.29, 0.717) is 12.2 Å². The van der Waals surface area contributed by atoms with Crippen molar-refractivity contribution >= 4 is 69.3 Å². The molecule has 0 atom stereocenters. The van der Waals surface area contributed by atoms with Crippen molar-refractivity contribution < 1.29 is 4.79 Å². The van der Waals surface area contributed by atoms with Crippen molar-refractivity contribution in [2.75, 3.05) is 6.54 Å². The molecule has 2 aromatic rings. The summed E-state index contributed by atoms with van der Waals surface area (Å²) in [4.78, 5) is 17.3. The van der Waals surface area contributed by atoms with E-state index in [1.165, 1.54) is 11.3 Å². The van der Waals surface area contributed by atoms with Crippen LogP contribution in [0.25, 0.3) is 9.88 Å². The van der Waals surface area contributed by atoms with Gasteiger partial charge in [0.15, 0.2) is 0 Å². The van der Waals surface area contributed by atoms with E-state index in [1.807, 2.05) is 25.3 Å². The standard InChI is InChI=1S/C12H14BrN3OS2.2ClH/c1-12(2,14)6-15-10(17)8-5-19-11(16-8)9-3-7(13)4-18-9;;/h3-5H,6,14H2,1-2H3,(H,15,17);2*1H. The number of hydrogen-bond acceptors (Lipinski definition) is 5. The molecule has 0 aliphatic heterocycles. The number of nitrogens with two attached hydrogens (primary N) is 1. The van der Waals surface area contributed by atoms with Gasteiger partial charge >= 0.3 is 0 Å². The van der Waals surface area contributed by atoms with Crippen LogP contribution in [0.15, 0.2) is 21.3 Å². The summed E-state index contributed by atoms with van der Waals surface area (Å²) in [6.07, 6.45) is 0. The Labute approximate surface area is 152 Å². The normalized spacial score (nSPS) is 10.5. The monoisotopic (exact) mass is 431 g/mol. The Kier molecular flexibility index (Phi) is 8.38. The zero-order valence-corrected chi connectivity index (χ0v) is 16.2. The second-order valence-corrected chi connectivity index (χ2v) is 7.52. The second-order valence-electron chi connectivity index (χ2n) is 4.84. The molecule has 0 spiro atoms. The molecule has 0 saturated carbocycles. The first-order chi connectivity index (χ1) is 8.85. The fourth-order valence-corrected chi connectivity index (χ4v) is 3.62. The van der Waals surface area contributed by atoms with E-state index in [0.717, 1.165) is 14.4 Å². The van der Waals surface area contributed by atoms with Crippen LogP contribution in [0.1, 0.15) is 24.3 Å². The fraction of sp³-hybridized carbons (Fsp3) is 0.333. The molecule has 0 unspecified atom stereocenters. The van der Waals surface area contributed by atoms with E-state index in [-0.39, 0.29) is 30.7 Å². The number of thiophene rings is 1. The van der Waals surface area contributed by atoms with Gasteiger partial charge in [-0.25, -0.2) is 4.98 Å². The van der Waals surface area contributed by atoms with Crippen LogP contribution < -0.4 is 11.1 Å². The quantitative estimate of drug-likeness (QED) is 0.768. The zero-order chi connectivity index (χ0) is 14.0. The highest BCUT2D eigenvalue weighted by atomic mass is 79.9. The average molecular weight is 433 g/mol. The van der Waals surface area contributed by atoms with Crippen molar-refractivity contribution in [1.29, 1.82) is 0 Å². The van der Waals surface area contributed by atoms with Crippen molar-refractivity contribution in [3.63, 3.8) is 0 Å². The van der Waals surface area contributed by atoms with E-state index in [2.05, 4.69) is 26.2 Å². The molecule has 21 heavy (non-hydrogen) atoms. The van der Waals surface area contributed by atoms with Crippen molar-refractivity contribution in [3.05, 3.63) is 27.0 Å². The van der Waals surface area contributed by atoms with Gasteiger partial charge in [-0.05, 0) is 35.8 Å². The number of rotatable bonds is 4. The Hall–Kier alpha value is -0.180. The summed E-state index contributed by atoms with van der Waals surface area (Å²) in [6.45, 7) is 4.15. The third kappa shape index (κ3) is 6.22. The fourth-order valence-electron chi connectivity index (χ4n) is 1.32. The smallest absolute Gasteiger partial charge is 0.270 e. The van der Waals surface area contributed by atoms with Crippen LogP contribution in [-0.4, -0.2) is 23.0 Å². The van der Waals surface area contributed by atoms with Crippen molar-refractivity contribution in [3.8, 4) is 9.88 Å². The zero-order valence-electron chi connectivity index (χ0n) is 11.4. The highest BCUT2D eigenvalue weighted by Gasteiger charge is 2.16. The van der Waals surface area contributed by atoms with Gasteiger partial charge in [-0.1, -0.05) is 0 Å². The first kappa shape index (κ1) is 20.8. The summed E-state index contributed by atoms with van der Waals surface area (Å²) in [5.41, 5.74) is 5.84. The lowest BCUT2D eigenvalue weighted by atomic mass is 10.1. The summed E-state index contributed by atoms with van der Waals surface area (Å²) in [5, 5.41) is 7.40. The van der Waals surface area contributed by atoms with Crippen LogP contribution in [0.2, 0.25) is 0 Å². The maximum absolute atomic E-state index is 11.9. The summed E-state index contributed by atoms with van der Waals surface area (Å²) >= 11 is 6.46. The van der Waals surface area contributed by atoms with Gasteiger partial charge in [0.25, 0.3) is 5.91 Å². The van der Waals surface area contributed by atoms with Gasteiger partial charge in [0.05, 0.1) is 4.88 Å². The molecule has 3 N–H and O–H groups in total. The summed E-state index contributed by atoms with van der Waals surface area (Å²) in [5.74, 6) is -0.184. The molecular formula is C12H16BrCl2N3OS2. The SMILES string of the molecule is CC(C)(N)CNC(=O)c1csc(-c2cc(Br)cs2)n1.Cl.Cl. The van der Waals surface area contributed by atoms with Gasteiger partial charge in [-0.15, -0.1) is 47.5 Å². The number of nitrogens with one attached hydrogen (secondary N) is 1. The summed E-state index contributed by atoms with van der Waals surface area (Å²) in [6, 6.07) is 1.99. The van der Waals surface area contributed by atoms with Gasteiger partial charge in [0, 0.05) is 27.3 Å². The molecule has 0 aromatic carbocycles. The van der Waals surface area contributed by atoms with Crippen LogP contribution in [0.3, 0.4) is 0 Å². The highest BCUT2D eigenvalue weighted by Crippen LogP contribution is 2.31. The molecule has 2 rings (SSSR count). The number of amides is 1. The Morgan fingerprint density at radius 3 is 2.57 bits per heavy atom. The van der Waals surface area contributed by atoms with Gasteiger partial charge in [-0.2, -0.15) is 0 Å². The lowest BCUT2D eigenvalue weighted by Gasteiger charge is -2.18. The molecule has 0 saturated heterocycles. The molecule has 0 radical (unpaired) electrons. The largest absolute Gasteiger partial charge is 0.349 e. The number of aromatic nitrogens is 1. The summed E-state index contributed by atoms with van der Waals surface area (Å²) in [7, 11) is 0. The Bertz CT molecular complexity index is 595. The summed E-state index contributed by atoms with van der Waals surface area (Å²) < 4.78 is 1.03. The number of thiazole rings is 1. The predicted octanol–water partition coefficient (Wildman–Crippen LogP) is 3.94. The third-order valence-electron chi connectivity index (χ3n) is 2.22. The van der Waals surface area contributed by atoms with E-state index >= 15 is 0 Å². The lowest BCUT2D eigenvalue weighted by molar-refractivity contribution is 0.0942. The Balaban J connectivity index is 0.00000200. The van der Waals surface area contributed by atoms with E-state index in [1.54, 1.807) is 16.7 Å². The second kappa shape index (κ2) is 8.45. The third-order valence-corrected chi connectivity index (χ3v) is 4.92. The molecule has 0 bridgehead atoms. The minimum absolute atomic E-state index is 0. The number of hydrogen-bond donors (Lipinski definition) is 2. The van der Waals surface area contributed by atoms with Crippen LogP contribution in [0.5, 0.6) is 0 Å². The molecule has 1 amide bonds. The van der Waals surface area contributed by atoms with Gasteiger partial charge < -0.3 is 11.1 Å². The first-order valence-corrected chi connectivity index (χ1v) is 8.17. The van der Waals surface area contributed by atoms with Crippen LogP contribution in [0.4, 0.5) is 0 Å². The average Bonchev–Trinajstić information content (AvgIpc) is 2.93. The molecule has 0 fully saturated rings. The molecule has 118 valence electrons. The molecule has 2 heterocycles. The van der Waals surface area contributed by atoms with E-state index in [9.17, 15) is 4.79 Å². The van der Waals surface area contributed by atoms with Gasteiger partial charge in [0.2, 0.25) is 0 Å². The first-order valence-electron chi connectivity index (χ1n) is 5.62. The number of nitrogens with zero attached hydrogens (tertiary/aromatic N) is 1. The maximum Gasteiger partial charge on any atom is 0.270 e. The Morgan fingerprint density at radius 2 is 2.05 bits per heavy atom. The predicted molar refractivity (Wildman–Crippen MR) is 98.2 cm³/mol. The van der Waals surface area contributed by atoms with Gasteiger partial charge in [-0.3, -0.25) is 4.79 Å². The lowest BCUT2D eigenvalue weighted by Crippen LogP contribution is -2.45. The molecule has 0 aliphatic carbocycles. The number of halogens is 3. The molecule has 4 nitrogen and oxygen atoms in total. The van der Waals surface area contributed by atoms with E-state index < -0.39 is 5.54 Å². The Morgan fingerprint density at radius 1 is 1.38 bits per heavy atom. The minimum Gasteiger partial charge on any atom is -0.349 e. The highest BCUT2D eigenvalue weighted by molar-refractivity contribution is 9.10. The van der Waals surface area contributed by atoms with Crippen LogP contribution >= 0.6 is 63.4 Å². The molecular weight excluding hydrogens is 417 g/mol. The van der Waals surface area contributed by atoms with Crippen molar-refractivity contribution in [2.24, 2.45) is 5.73 Å². The van der Waals surface area contributed by atoms with Crippen molar-refractivity contribution in [1.82, 2.24) is 10.3 Å². The van der Waals surface area contributed by atoms with Crippen LogP contribution in [0, 0.1) is 0 Å². The van der Waals surface area contributed by atoms with Gasteiger partial charge in [0.1, 0.15) is 10.7 Å². The molecule has 2 aromatic heterocycles.